The lowest BCUT2D eigenvalue weighted by molar-refractivity contribution is 0.197. The molecule has 0 aromatic carbocycles. The molecule has 2 N–H and O–H groups in total. The van der Waals surface area contributed by atoms with Crippen LogP contribution in [0.4, 0.5) is 0 Å². The molecule has 0 radical (unpaired) electrons. The molecule has 1 fully saturated rings. The van der Waals surface area contributed by atoms with Gasteiger partial charge in [-0.05, 0) is 31.1 Å². The second kappa shape index (κ2) is 1.65. The molecule has 0 amide bonds. The van der Waals surface area contributed by atoms with Crippen LogP contribution >= 0.6 is 0 Å². The summed E-state index contributed by atoms with van der Waals surface area (Å²) < 4.78 is 0. The van der Waals surface area contributed by atoms with Gasteiger partial charge in [-0.1, -0.05) is 19.1 Å². The minimum Gasteiger partial charge on any atom is -0.322 e. The Hall–Kier alpha value is -0.300. The van der Waals surface area contributed by atoms with Crippen molar-refractivity contribution in [1.29, 1.82) is 0 Å². The van der Waals surface area contributed by atoms with Crippen molar-refractivity contribution < 1.29 is 0 Å². The highest BCUT2D eigenvalue weighted by atomic mass is 14.8. The third kappa shape index (κ3) is 0.807. The Morgan fingerprint density at radius 2 is 1.70 bits per heavy atom. The molecule has 2 bridgehead atoms. The SMILES string of the molecule is CC12C=CC(N)(CC1)CC2. The first-order valence-corrected chi connectivity index (χ1v) is 4.11. The number of fused-ring (bicyclic) bond motifs is 2. The highest BCUT2D eigenvalue weighted by molar-refractivity contribution is 5.19. The molecule has 10 heavy (non-hydrogen) atoms. The topological polar surface area (TPSA) is 26.0 Å². The van der Waals surface area contributed by atoms with Crippen LogP contribution in [0.1, 0.15) is 32.6 Å². The molecule has 3 aliphatic rings. The van der Waals surface area contributed by atoms with E-state index in [9.17, 15) is 0 Å². The second-order valence-electron chi connectivity index (χ2n) is 4.22. The van der Waals surface area contributed by atoms with Gasteiger partial charge in [0, 0.05) is 5.54 Å². The molecule has 0 aromatic heterocycles. The maximum atomic E-state index is 6.07. The monoisotopic (exact) mass is 137 g/mol. The lowest BCUT2D eigenvalue weighted by atomic mass is 9.63. The van der Waals surface area contributed by atoms with E-state index in [1.807, 2.05) is 0 Å². The molecule has 0 aromatic rings. The van der Waals surface area contributed by atoms with Crippen molar-refractivity contribution in [2.24, 2.45) is 11.1 Å². The highest BCUT2D eigenvalue weighted by Crippen LogP contribution is 2.45. The fourth-order valence-electron chi connectivity index (χ4n) is 1.99. The van der Waals surface area contributed by atoms with Crippen molar-refractivity contribution in [3.63, 3.8) is 0 Å². The first kappa shape index (κ1) is 6.41. The van der Waals surface area contributed by atoms with Crippen molar-refractivity contribution >= 4 is 0 Å². The zero-order chi connectivity index (χ0) is 7.24. The van der Waals surface area contributed by atoms with Crippen LogP contribution in [0.25, 0.3) is 0 Å². The van der Waals surface area contributed by atoms with Gasteiger partial charge in [-0.2, -0.15) is 0 Å². The summed E-state index contributed by atoms with van der Waals surface area (Å²) in [6, 6.07) is 0. The molecule has 1 saturated carbocycles. The Balaban J connectivity index is 2.33. The molecule has 1 heteroatoms. The zero-order valence-electron chi connectivity index (χ0n) is 6.56. The average molecular weight is 137 g/mol. The molecule has 0 unspecified atom stereocenters. The van der Waals surface area contributed by atoms with Gasteiger partial charge in [0.05, 0.1) is 0 Å². The summed E-state index contributed by atoms with van der Waals surface area (Å²) in [5.41, 5.74) is 6.65. The van der Waals surface area contributed by atoms with E-state index < -0.39 is 0 Å². The maximum absolute atomic E-state index is 6.07. The van der Waals surface area contributed by atoms with E-state index in [0.29, 0.717) is 5.41 Å². The summed E-state index contributed by atoms with van der Waals surface area (Å²) in [7, 11) is 0. The Morgan fingerprint density at radius 1 is 1.10 bits per heavy atom. The van der Waals surface area contributed by atoms with E-state index in [0.717, 1.165) is 0 Å². The molecule has 0 spiro atoms. The third-order valence-electron chi connectivity index (χ3n) is 3.14. The molecule has 56 valence electrons. The highest BCUT2D eigenvalue weighted by Gasteiger charge is 2.39. The summed E-state index contributed by atoms with van der Waals surface area (Å²) >= 11 is 0. The number of hydrogen-bond acceptors (Lipinski definition) is 1. The van der Waals surface area contributed by atoms with Crippen molar-refractivity contribution in [2.75, 3.05) is 0 Å². The van der Waals surface area contributed by atoms with Crippen LogP contribution in [-0.2, 0) is 0 Å². The van der Waals surface area contributed by atoms with Gasteiger partial charge in [0.1, 0.15) is 0 Å². The molecular formula is C9H15N. The second-order valence-corrected chi connectivity index (χ2v) is 4.22. The van der Waals surface area contributed by atoms with E-state index in [2.05, 4.69) is 19.1 Å². The van der Waals surface area contributed by atoms with E-state index in [1.54, 1.807) is 0 Å². The van der Waals surface area contributed by atoms with Gasteiger partial charge in [0.2, 0.25) is 0 Å². The molecule has 0 aliphatic heterocycles. The van der Waals surface area contributed by atoms with Gasteiger partial charge in [-0.3, -0.25) is 0 Å². The lowest BCUT2D eigenvalue weighted by Gasteiger charge is -2.45. The Morgan fingerprint density at radius 3 is 2.00 bits per heavy atom. The number of nitrogens with two attached hydrogens (primary N) is 1. The van der Waals surface area contributed by atoms with Crippen LogP contribution < -0.4 is 5.73 Å². The van der Waals surface area contributed by atoms with Crippen molar-refractivity contribution in [3.8, 4) is 0 Å². The smallest absolute Gasteiger partial charge is 0.0339 e. The molecule has 3 rings (SSSR count). The first-order valence-electron chi connectivity index (χ1n) is 4.11. The van der Waals surface area contributed by atoms with Crippen LogP contribution in [0.2, 0.25) is 0 Å². The summed E-state index contributed by atoms with van der Waals surface area (Å²) in [6.07, 6.45) is 9.51. The van der Waals surface area contributed by atoms with Crippen molar-refractivity contribution in [1.82, 2.24) is 0 Å². The minimum atomic E-state index is 0.0811. The summed E-state index contributed by atoms with van der Waals surface area (Å²) in [5.74, 6) is 0. The maximum Gasteiger partial charge on any atom is 0.0339 e. The molecule has 0 heterocycles. The van der Waals surface area contributed by atoms with Crippen LogP contribution in [0.3, 0.4) is 0 Å². The molecular weight excluding hydrogens is 122 g/mol. The average Bonchev–Trinajstić information content (AvgIpc) is 1.93. The molecule has 1 nitrogen and oxygen atoms in total. The zero-order valence-corrected chi connectivity index (χ0v) is 6.56. The first-order chi connectivity index (χ1) is 4.62. The number of hydrogen-bond donors (Lipinski definition) is 1. The van der Waals surface area contributed by atoms with Crippen LogP contribution in [0, 0.1) is 5.41 Å². The van der Waals surface area contributed by atoms with E-state index in [-0.39, 0.29) is 5.54 Å². The summed E-state index contributed by atoms with van der Waals surface area (Å²) in [6.45, 7) is 2.34. The standard InChI is InChI=1S/C9H15N/c1-8-2-5-9(10,6-3-8)7-4-8/h2,5H,3-4,6-7,10H2,1H3. The van der Waals surface area contributed by atoms with Crippen LogP contribution in [0.5, 0.6) is 0 Å². The van der Waals surface area contributed by atoms with E-state index in [1.165, 1.54) is 25.7 Å². The van der Waals surface area contributed by atoms with Crippen LogP contribution in [0.15, 0.2) is 12.2 Å². The predicted molar refractivity (Wildman–Crippen MR) is 42.6 cm³/mol. The Labute approximate surface area is 62.3 Å². The normalized spacial score (nSPS) is 51.8. The Bertz CT molecular complexity index is 153. The fraction of sp³-hybridized carbons (Fsp3) is 0.778. The quantitative estimate of drug-likeness (QED) is 0.506. The molecule has 0 saturated heterocycles. The van der Waals surface area contributed by atoms with E-state index in [4.69, 9.17) is 5.73 Å². The number of rotatable bonds is 0. The lowest BCUT2D eigenvalue weighted by Crippen LogP contribution is -2.47. The molecule has 3 aliphatic carbocycles. The van der Waals surface area contributed by atoms with Gasteiger partial charge >= 0.3 is 0 Å². The summed E-state index contributed by atoms with van der Waals surface area (Å²) in [4.78, 5) is 0. The van der Waals surface area contributed by atoms with Gasteiger partial charge in [-0.15, -0.1) is 0 Å². The number of allylic oxidation sites excluding steroid dienone is 1. The molecule has 0 atom stereocenters. The predicted octanol–water partition coefficient (Wildman–Crippen LogP) is 1.83. The largest absolute Gasteiger partial charge is 0.322 e. The third-order valence-corrected chi connectivity index (χ3v) is 3.14. The van der Waals surface area contributed by atoms with Gasteiger partial charge in [-0.25, -0.2) is 0 Å². The Kier molecular flexibility index (Phi) is 1.06. The van der Waals surface area contributed by atoms with Gasteiger partial charge in [0.15, 0.2) is 0 Å². The summed E-state index contributed by atoms with van der Waals surface area (Å²) in [5, 5.41) is 0. The van der Waals surface area contributed by atoms with Gasteiger partial charge in [0.25, 0.3) is 0 Å². The van der Waals surface area contributed by atoms with Crippen molar-refractivity contribution in [3.05, 3.63) is 12.2 Å². The van der Waals surface area contributed by atoms with Crippen LogP contribution in [-0.4, -0.2) is 5.54 Å². The minimum absolute atomic E-state index is 0.0811. The fourth-order valence-corrected chi connectivity index (χ4v) is 1.99. The van der Waals surface area contributed by atoms with E-state index >= 15 is 0 Å². The van der Waals surface area contributed by atoms with Gasteiger partial charge < -0.3 is 5.73 Å². The van der Waals surface area contributed by atoms with Crippen molar-refractivity contribution in [2.45, 2.75) is 38.1 Å².